The normalized spacial score (nSPS) is 16.5. The highest BCUT2D eigenvalue weighted by Gasteiger charge is 2.20. The van der Waals surface area contributed by atoms with Crippen molar-refractivity contribution in [2.45, 2.75) is 4.90 Å². The van der Waals surface area contributed by atoms with Crippen LogP contribution in [0.4, 0.5) is 0 Å². The number of rotatable bonds is 0. The molecule has 1 aromatic rings. The molecule has 0 radical (unpaired) electrons. The lowest BCUT2D eigenvalue weighted by atomic mass is 10.1. The Hall–Kier alpha value is -1.60. The van der Waals surface area contributed by atoms with Gasteiger partial charge in [0.15, 0.2) is 9.84 Å². The van der Waals surface area contributed by atoms with Gasteiger partial charge in [-0.15, -0.1) is 0 Å². The first-order chi connectivity index (χ1) is 6.13. The van der Waals surface area contributed by atoms with E-state index < -0.39 is 9.84 Å². The van der Waals surface area contributed by atoms with Crippen LogP contribution in [0.2, 0.25) is 0 Å². The highest BCUT2D eigenvalue weighted by Crippen LogP contribution is 2.27. The largest absolute Gasteiger partial charge is 0.219 e. The number of nitrogens with zero attached hydrogens (tertiary/aromatic N) is 1. The van der Waals surface area contributed by atoms with Gasteiger partial charge in [-0.2, -0.15) is 5.26 Å². The fourth-order valence-electron chi connectivity index (χ4n) is 1.22. The number of fused-ring (bicyclic) bond motifs is 1. The molecule has 0 saturated carbocycles. The molecule has 3 nitrogen and oxygen atoms in total. The molecule has 0 N–H and O–H groups in total. The Balaban J connectivity index is 2.77. The van der Waals surface area contributed by atoms with Crippen LogP contribution in [-0.2, 0) is 9.84 Å². The Morgan fingerprint density at radius 3 is 2.77 bits per heavy atom. The average Bonchev–Trinajstić information content (AvgIpc) is 2.42. The van der Waals surface area contributed by atoms with E-state index in [4.69, 9.17) is 5.26 Å². The first-order valence-electron chi connectivity index (χ1n) is 3.61. The van der Waals surface area contributed by atoms with Gasteiger partial charge in [-0.3, -0.25) is 0 Å². The van der Waals surface area contributed by atoms with Crippen LogP contribution in [0, 0.1) is 11.3 Å². The Bertz CT molecular complexity index is 535. The SMILES string of the molecule is N#Cc1ccc2c(c1)S(=O)(=O)C=C2. The minimum atomic E-state index is -3.27. The minimum Gasteiger partial charge on any atom is -0.219 e. The summed E-state index contributed by atoms with van der Waals surface area (Å²) in [5.41, 5.74) is 1.02. The topological polar surface area (TPSA) is 57.9 Å². The fourth-order valence-corrected chi connectivity index (χ4v) is 2.45. The number of hydrogen-bond donors (Lipinski definition) is 0. The van der Waals surface area contributed by atoms with Crippen molar-refractivity contribution in [2.75, 3.05) is 0 Å². The van der Waals surface area contributed by atoms with Crippen LogP contribution in [0.1, 0.15) is 11.1 Å². The van der Waals surface area contributed by atoms with E-state index in [0.29, 0.717) is 11.1 Å². The third-order valence-electron chi connectivity index (χ3n) is 1.88. The molecule has 0 aromatic heterocycles. The monoisotopic (exact) mass is 191 g/mol. The quantitative estimate of drug-likeness (QED) is 0.621. The van der Waals surface area contributed by atoms with E-state index in [1.165, 1.54) is 12.1 Å². The van der Waals surface area contributed by atoms with Gasteiger partial charge < -0.3 is 0 Å². The molecular weight excluding hydrogens is 186 g/mol. The van der Waals surface area contributed by atoms with E-state index in [-0.39, 0.29) is 4.90 Å². The summed E-state index contributed by atoms with van der Waals surface area (Å²) in [7, 11) is -3.27. The maximum atomic E-state index is 11.3. The van der Waals surface area contributed by atoms with Gasteiger partial charge in [0.2, 0.25) is 0 Å². The third kappa shape index (κ3) is 1.14. The fraction of sp³-hybridized carbons (Fsp3) is 0. The molecule has 0 bridgehead atoms. The maximum Gasteiger partial charge on any atom is 0.200 e. The summed E-state index contributed by atoms with van der Waals surface area (Å²) in [5, 5.41) is 9.73. The predicted octanol–water partition coefficient (Wildman–Crippen LogP) is 1.32. The zero-order valence-electron chi connectivity index (χ0n) is 6.56. The second kappa shape index (κ2) is 2.44. The second-order valence-corrected chi connectivity index (χ2v) is 4.51. The summed E-state index contributed by atoms with van der Waals surface area (Å²) in [6.07, 6.45) is 1.53. The van der Waals surface area contributed by atoms with Crippen molar-refractivity contribution >= 4 is 15.9 Å². The molecule has 64 valence electrons. The van der Waals surface area contributed by atoms with E-state index in [0.717, 1.165) is 5.41 Å². The molecule has 0 aliphatic carbocycles. The molecule has 1 aromatic carbocycles. The summed E-state index contributed by atoms with van der Waals surface area (Å²) < 4.78 is 22.6. The van der Waals surface area contributed by atoms with Gasteiger partial charge in [-0.1, -0.05) is 6.07 Å². The van der Waals surface area contributed by atoms with Gasteiger partial charge in [0, 0.05) is 5.41 Å². The molecule has 0 spiro atoms. The molecule has 13 heavy (non-hydrogen) atoms. The summed E-state index contributed by atoms with van der Waals surface area (Å²) in [6.45, 7) is 0. The molecule has 2 rings (SSSR count). The molecule has 1 aliphatic heterocycles. The molecule has 0 saturated heterocycles. The average molecular weight is 191 g/mol. The molecule has 1 heterocycles. The maximum absolute atomic E-state index is 11.3. The summed E-state index contributed by atoms with van der Waals surface area (Å²) in [4.78, 5) is 0.228. The van der Waals surface area contributed by atoms with E-state index in [2.05, 4.69) is 0 Å². The Morgan fingerprint density at radius 2 is 2.08 bits per heavy atom. The van der Waals surface area contributed by atoms with Crippen molar-refractivity contribution < 1.29 is 8.42 Å². The molecule has 0 amide bonds. The number of hydrogen-bond acceptors (Lipinski definition) is 3. The first-order valence-corrected chi connectivity index (χ1v) is 5.15. The zero-order valence-corrected chi connectivity index (χ0v) is 7.38. The van der Waals surface area contributed by atoms with E-state index in [9.17, 15) is 8.42 Å². The van der Waals surface area contributed by atoms with Gasteiger partial charge in [-0.25, -0.2) is 8.42 Å². The van der Waals surface area contributed by atoms with Crippen molar-refractivity contribution in [1.29, 1.82) is 5.26 Å². The smallest absolute Gasteiger partial charge is 0.200 e. The van der Waals surface area contributed by atoms with Crippen LogP contribution in [0.15, 0.2) is 28.5 Å². The van der Waals surface area contributed by atoms with Crippen LogP contribution < -0.4 is 0 Å². The second-order valence-electron chi connectivity index (χ2n) is 2.71. The highest BCUT2D eigenvalue weighted by molar-refractivity contribution is 7.94. The Labute approximate surface area is 75.8 Å². The van der Waals surface area contributed by atoms with E-state index in [1.54, 1.807) is 12.1 Å². The lowest BCUT2D eigenvalue weighted by Crippen LogP contribution is -1.93. The first kappa shape index (κ1) is 8.02. The van der Waals surface area contributed by atoms with Crippen molar-refractivity contribution in [1.82, 2.24) is 0 Å². The van der Waals surface area contributed by atoms with Crippen molar-refractivity contribution in [2.24, 2.45) is 0 Å². The number of sulfone groups is 1. The van der Waals surface area contributed by atoms with Crippen molar-refractivity contribution in [3.63, 3.8) is 0 Å². The molecular formula is C9H5NO2S. The lowest BCUT2D eigenvalue weighted by molar-refractivity contribution is 0.605. The molecule has 0 atom stereocenters. The van der Waals surface area contributed by atoms with Crippen molar-refractivity contribution in [3.05, 3.63) is 34.7 Å². The zero-order chi connectivity index (χ0) is 9.47. The molecule has 1 aliphatic rings. The minimum absolute atomic E-state index is 0.228. The molecule has 0 fully saturated rings. The van der Waals surface area contributed by atoms with Gasteiger partial charge in [-0.05, 0) is 23.8 Å². The predicted molar refractivity (Wildman–Crippen MR) is 47.4 cm³/mol. The van der Waals surface area contributed by atoms with Crippen LogP contribution >= 0.6 is 0 Å². The molecule has 0 unspecified atom stereocenters. The van der Waals surface area contributed by atoms with Gasteiger partial charge >= 0.3 is 0 Å². The number of benzene rings is 1. The highest BCUT2D eigenvalue weighted by atomic mass is 32.2. The van der Waals surface area contributed by atoms with E-state index >= 15 is 0 Å². The van der Waals surface area contributed by atoms with Gasteiger partial charge in [0.1, 0.15) is 0 Å². The van der Waals surface area contributed by atoms with Gasteiger partial charge in [0.05, 0.1) is 16.5 Å². The standard InChI is InChI=1S/C9H5NO2S/c10-6-7-1-2-8-3-4-13(11,12)9(8)5-7/h1-5H. The van der Waals surface area contributed by atoms with Crippen LogP contribution in [0.5, 0.6) is 0 Å². The summed E-state index contributed by atoms with van der Waals surface area (Å²) in [5.74, 6) is 0. The summed E-state index contributed by atoms with van der Waals surface area (Å²) >= 11 is 0. The van der Waals surface area contributed by atoms with Crippen LogP contribution in [0.3, 0.4) is 0 Å². The van der Waals surface area contributed by atoms with E-state index in [1.807, 2.05) is 6.07 Å². The Morgan fingerprint density at radius 1 is 1.31 bits per heavy atom. The Kier molecular flexibility index (Phi) is 1.51. The summed E-state index contributed by atoms with van der Waals surface area (Å²) in [6, 6.07) is 6.53. The lowest BCUT2D eigenvalue weighted by Gasteiger charge is -1.97. The van der Waals surface area contributed by atoms with Crippen LogP contribution in [-0.4, -0.2) is 8.42 Å². The van der Waals surface area contributed by atoms with Crippen LogP contribution in [0.25, 0.3) is 6.08 Å². The number of nitriles is 1. The third-order valence-corrected chi connectivity index (χ3v) is 3.34. The van der Waals surface area contributed by atoms with Gasteiger partial charge in [0.25, 0.3) is 0 Å². The van der Waals surface area contributed by atoms with Crippen molar-refractivity contribution in [3.8, 4) is 6.07 Å². The molecule has 4 heteroatoms.